The van der Waals surface area contributed by atoms with Gasteiger partial charge in [0.25, 0.3) is 5.88 Å². The van der Waals surface area contributed by atoms with Gasteiger partial charge in [-0.1, -0.05) is 11.6 Å². The molecule has 1 aromatic rings. The van der Waals surface area contributed by atoms with Crippen molar-refractivity contribution in [3.63, 3.8) is 0 Å². The van der Waals surface area contributed by atoms with E-state index in [-0.39, 0.29) is 0 Å². The van der Waals surface area contributed by atoms with Crippen molar-refractivity contribution in [2.45, 2.75) is 0 Å². The lowest BCUT2D eigenvalue weighted by Crippen LogP contribution is -1.93. The number of aromatic hydroxyl groups is 2. The maximum atomic E-state index is 12.8. The molecule has 0 aliphatic rings. The molecule has 0 aromatic carbocycles. The number of hydrogen-bond donors (Lipinski definition) is 2. The van der Waals surface area contributed by atoms with E-state index in [1.165, 1.54) is 0 Å². The first-order valence-electron chi connectivity index (χ1n) is 2.88. The zero-order chi connectivity index (χ0) is 9.30. The molecule has 1 heterocycles. The Bertz CT molecular complexity index is 318. The largest absolute Gasteiger partial charge is 0.502 e. The van der Waals surface area contributed by atoms with Crippen molar-refractivity contribution in [2.75, 3.05) is 7.11 Å². The van der Waals surface area contributed by atoms with E-state index in [2.05, 4.69) is 9.72 Å². The van der Waals surface area contributed by atoms with Crippen molar-refractivity contribution in [3.8, 4) is 17.4 Å². The molecule has 0 fully saturated rings. The van der Waals surface area contributed by atoms with Crippen LogP contribution in [0.3, 0.4) is 0 Å². The summed E-state index contributed by atoms with van der Waals surface area (Å²) in [6.45, 7) is 0. The van der Waals surface area contributed by atoms with Crippen LogP contribution in [-0.4, -0.2) is 22.3 Å². The van der Waals surface area contributed by atoms with Gasteiger partial charge in [-0.2, -0.15) is 9.37 Å². The standard InChI is InChI=1S/C6H5ClFNO3/c1-12-6-2(8)3(10)4(11)5(7)9-6/h11H,1H3,(H,9,10). The third kappa shape index (κ3) is 1.23. The fourth-order valence-corrected chi connectivity index (χ4v) is 0.796. The monoisotopic (exact) mass is 193 g/mol. The topological polar surface area (TPSA) is 62.6 Å². The molecule has 0 aliphatic heterocycles. The van der Waals surface area contributed by atoms with E-state index in [1.54, 1.807) is 0 Å². The first-order chi connectivity index (χ1) is 5.57. The Balaban J connectivity index is 3.39. The molecule has 4 nitrogen and oxygen atoms in total. The van der Waals surface area contributed by atoms with E-state index in [4.69, 9.17) is 21.8 Å². The number of rotatable bonds is 1. The van der Waals surface area contributed by atoms with Crippen molar-refractivity contribution in [1.82, 2.24) is 4.98 Å². The predicted molar refractivity (Wildman–Crippen MR) is 39.1 cm³/mol. The molecule has 0 amide bonds. The van der Waals surface area contributed by atoms with Crippen LogP contribution in [0.25, 0.3) is 0 Å². The molecule has 1 aromatic heterocycles. The van der Waals surface area contributed by atoms with E-state index in [1.807, 2.05) is 0 Å². The van der Waals surface area contributed by atoms with Crippen molar-refractivity contribution in [2.24, 2.45) is 0 Å². The molecule has 0 spiro atoms. The molecule has 0 aliphatic carbocycles. The Morgan fingerprint density at radius 2 is 2.00 bits per heavy atom. The van der Waals surface area contributed by atoms with Gasteiger partial charge in [0.2, 0.25) is 11.6 Å². The number of pyridine rings is 1. The minimum atomic E-state index is -1.14. The summed E-state index contributed by atoms with van der Waals surface area (Å²) in [6, 6.07) is 0. The normalized spacial score (nSPS) is 9.92. The summed E-state index contributed by atoms with van der Waals surface area (Å²) < 4.78 is 17.2. The van der Waals surface area contributed by atoms with Crippen LogP contribution in [0.2, 0.25) is 5.15 Å². The minimum Gasteiger partial charge on any atom is -0.502 e. The second kappa shape index (κ2) is 3.02. The molecule has 0 unspecified atom stereocenters. The molecule has 6 heteroatoms. The molecule has 66 valence electrons. The lowest BCUT2D eigenvalue weighted by molar-refractivity contribution is 0.332. The van der Waals surface area contributed by atoms with Crippen LogP contribution in [0.4, 0.5) is 4.39 Å². The quantitative estimate of drug-likeness (QED) is 0.660. The highest BCUT2D eigenvalue weighted by atomic mass is 35.5. The molecule has 0 bridgehead atoms. The van der Waals surface area contributed by atoms with Crippen LogP contribution in [0.5, 0.6) is 17.4 Å². The Morgan fingerprint density at radius 3 is 2.50 bits per heavy atom. The van der Waals surface area contributed by atoms with Gasteiger partial charge < -0.3 is 14.9 Å². The Kier molecular flexibility index (Phi) is 2.23. The van der Waals surface area contributed by atoms with Crippen LogP contribution in [0.15, 0.2) is 0 Å². The van der Waals surface area contributed by atoms with Crippen LogP contribution in [0, 0.1) is 5.82 Å². The summed E-state index contributed by atoms with van der Waals surface area (Å²) in [4.78, 5) is 3.31. The molecule has 0 radical (unpaired) electrons. The molecule has 2 N–H and O–H groups in total. The lowest BCUT2D eigenvalue weighted by atomic mass is 10.4. The number of methoxy groups -OCH3 is 1. The van der Waals surface area contributed by atoms with Crippen LogP contribution in [-0.2, 0) is 0 Å². The van der Waals surface area contributed by atoms with Gasteiger partial charge in [0.15, 0.2) is 10.9 Å². The number of ether oxygens (including phenoxy) is 1. The van der Waals surface area contributed by atoms with E-state index < -0.39 is 28.3 Å². The zero-order valence-electron chi connectivity index (χ0n) is 6.01. The van der Waals surface area contributed by atoms with E-state index >= 15 is 0 Å². The minimum absolute atomic E-state index is 0.411. The third-order valence-corrected chi connectivity index (χ3v) is 1.47. The molecule has 1 rings (SSSR count). The average Bonchev–Trinajstić information content (AvgIpc) is 2.08. The summed E-state index contributed by atoms with van der Waals surface area (Å²) in [5.41, 5.74) is 0. The van der Waals surface area contributed by atoms with Gasteiger partial charge in [0.05, 0.1) is 7.11 Å². The third-order valence-electron chi connectivity index (χ3n) is 1.21. The van der Waals surface area contributed by atoms with Gasteiger partial charge in [0.1, 0.15) is 0 Å². The Labute approximate surface area is 72.2 Å². The summed E-state index contributed by atoms with van der Waals surface area (Å²) in [5, 5.41) is 17.3. The summed E-state index contributed by atoms with van der Waals surface area (Å²) in [7, 11) is 1.16. The van der Waals surface area contributed by atoms with Crippen molar-refractivity contribution < 1.29 is 19.3 Å². The molecule has 0 saturated carbocycles. The second-order valence-electron chi connectivity index (χ2n) is 1.92. The second-order valence-corrected chi connectivity index (χ2v) is 2.28. The van der Waals surface area contributed by atoms with Crippen LogP contribution in [0.1, 0.15) is 0 Å². The molecular formula is C6H5ClFNO3. The lowest BCUT2D eigenvalue weighted by Gasteiger charge is -2.04. The number of halogens is 2. The molecule has 12 heavy (non-hydrogen) atoms. The number of aromatic nitrogens is 1. The van der Waals surface area contributed by atoms with Crippen molar-refractivity contribution in [3.05, 3.63) is 11.0 Å². The Hall–Kier alpha value is -1.23. The van der Waals surface area contributed by atoms with Gasteiger partial charge >= 0.3 is 0 Å². The fourth-order valence-electron chi connectivity index (χ4n) is 0.629. The summed E-state index contributed by atoms with van der Waals surface area (Å²) >= 11 is 5.30. The summed E-state index contributed by atoms with van der Waals surface area (Å²) in [6.07, 6.45) is 0. The van der Waals surface area contributed by atoms with Crippen molar-refractivity contribution in [1.29, 1.82) is 0 Å². The number of nitrogens with zero attached hydrogens (tertiary/aromatic N) is 1. The van der Waals surface area contributed by atoms with Crippen LogP contribution < -0.4 is 4.74 Å². The van der Waals surface area contributed by atoms with Gasteiger partial charge in [0, 0.05) is 0 Å². The SMILES string of the molecule is COc1nc(Cl)c(O)c(O)c1F. The average molecular weight is 194 g/mol. The summed E-state index contributed by atoms with van der Waals surface area (Å²) in [5.74, 6) is -3.36. The van der Waals surface area contributed by atoms with Gasteiger partial charge in [-0.25, -0.2) is 0 Å². The maximum Gasteiger partial charge on any atom is 0.255 e. The first-order valence-corrected chi connectivity index (χ1v) is 3.26. The zero-order valence-corrected chi connectivity index (χ0v) is 6.76. The Morgan fingerprint density at radius 1 is 1.42 bits per heavy atom. The highest BCUT2D eigenvalue weighted by Crippen LogP contribution is 2.37. The smallest absolute Gasteiger partial charge is 0.255 e. The highest BCUT2D eigenvalue weighted by molar-refractivity contribution is 6.31. The van der Waals surface area contributed by atoms with Crippen molar-refractivity contribution >= 4 is 11.6 Å². The molecular weight excluding hydrogens is 189 g/mol. The van der Waals surface area contributed by atoms with Gasteiger partial charge in [-0.3, -0.25) is 0 Å². The number of hydrogen-bond acceptors (Lipinski definition) is 4. The first kappa shape index (κ1) is 8.86. The molecule has 0 atom stereocenters. The van der Waals surface area contributed by atoms with E-state index in [0.29, 0.717) is 0 Å². The highest BCUT2D eigenvalue weighted by Gasteiger charge is 2.18. The van der Waals surface area contributed by atoms with Gasteiger partial charge in [-0.05, 0) is 0 Å². The maximum absolute atomic E-state index is 12.8. The van der Waals surface area contributed by atoms with Crippen LogP contribution >= 0.6 is 11.6 Å². The fraction of sp³-hybridized carbons (Fsp3) is 0.167. The van der Waals surface area contributed by atoms with E-state index in [9.17, 15) is 4.39 Å². The predicted octanol–water partition coefficient (Wildman–Crippen LogP) is 1.29. The van der Waals surface area contributed by atoms with E-state index in [0.717, 1.165) is 7.11 Å². The molecule has 0 saturated heterocycles. The van der Waals surface area contributed by atoms with Gasteiger partial charge in [-0.15, -0.1) is 0 Å².